The van der Waals surface area contributed by atoms with E-state index in [4.69, 9.17) is 11.6 Å². The lowest BCUT2D eigenvalue weighted by Crippen LogP contribution is -2.37. The molecule has 1 aliphatic heterocycles. The van der Waals surface area contributed by atoms with E-state index in [2.05, 4.69) is 15.6 Å². The molecular weight excluding hydrogens is 490 g/mol. The van der Waals surface area contributed by atoms with Crippen LogP contribution in [0, 0.1) is 5.92 Å². The van der Waals surface area contributed by atoms with Gasteiger partial charge >= 0.3 is 0 Å². The number of nitrogens with one attached hydrogen (secondary N) is 2. The summed E-state index contributed by atoms with van der Waals surface area (Å²) in [5, 5.41) is 5.33. The van der Waals surface area contributed by atoms with E-state index in [0.29, 0.717) is 42.3 Å². The Bertz CT molecular complexity index is 1160. The van der Waals surface area contributed by atoms with Gasteiger partial charge in [0.15, 0.2) is 15.7 Å². The maximum atomic E-state index is 12.8. The highest BCUT2D eigenvalue weighted by Gasteiger charge is 2.25. The fraction of sp³-hybridized carbons (Fsp3) is 0.409. The van der Waals surface area contributed by atoms with Crippen LogP contribution in [0.3, 0.4) is 0 Å². The zero-order valence-electron chi connectivity index (χ0n) is 18.4. The van der Waals surface area contributed by atoms with Gasteiger partial charge in [-0.15, -0.1) is 0 Å². The van der Waals surface area contributed by atoms with Crippen LogP contribution in [0.15, 0.2) is 41.4 Å². The molecule has 2 heterocycles. The Balaban J connectivity index is 1.75. The highest BCUT2D eigenvalue weighted by Crippen LogP contribution is 2.31. The molecule has 0 saturated carbocycles. The summed E-state index contributed by atoms with van der Waals surface area (Å²) in [7, 11) is -3.57. The van der Waals surface area contributed by atoms with E-state index in [1.807, 2.05) is 4.90 Å². The molecule has 0 aliphatic carbocycles. The second-order valence-electron chi connectivity index (χ2n) is 8.11. The van der Waals surface area contributed by atoms with Crippen molar-refractivity contribution < 1.29 is 26.8 Å². The van der Waals surface area contributed by atoms with Gasteiger partial charge in [0, 0.05) is 42.5 Å². The Labute approximate surface area is 201 Å². The van der Waals surface area contributed by atoms with Gasteiger partial charge in [0.05, 0.1) is 17.1 Å². The molecule has 2 amide bonds. The lowest BCUT2D eigenvalue weighted by atomic mass is 9.93. The summed E-state index contributed by atoms with van der Waals surface area (Å²) in [6.45, 7) is 0.333. The number of sulfone groups is 1. The first kappa shape index (κ1) is 25.8. The first-order chi connectivity index (χ1) is 16.0. The Kier molecular flexibility index (Phi) is 8.42. The van der Waals surface area contributed by atoms with Gasteiger partial charge in [-0.1, -0.05) is 17.7 Å². The van der Waals surface area contributed by atoms with Crippen LogP contribution in [-0.2, 0) is 14.6 Å². The number of rotatable bonds is 8. The highest BCUT2D eigenvalue weighted by molar-refractivity contribution is 7.90. The van der Waals surface area contributed by atoms with Gasteiger partial charge in [0.2, 0.25) is 5.91 Å². The van der Waals surface area contributed by atoms with Gasteiger partial charge in [0.25, 0.3) is 12.3 Å². The van der Waals surface area contributed by atoms with E-state index in [1.54, 1.807) is 18.2 Å². The third-order valence-electron chi connectivity index (χ3n) is 5.45. The molecule has 0 atom stereocenters. The van der Waals surface area contributed by atoms with Crippen molar-refractivity contribution in [2.45, 2.75) is 30.6 Å². The maximum Gasteiger partial charge on any atom is 0.255 e. The van der Waals surface area contributed by atoms with Crippen molar-refractivity contribution in [2.75, 3.05) is 36.1 Å². The number of amides is 2. The summed E-state index contributed by atoms with van der Waals surface area (Å²) in [4.78, 5) is 30.8. The number of nitrogens with zero attached hydrogens (tertiary/aromatic N) is 2. The van der Waals surface area contributed by atoms with Crippen LogP contribution >= 0.6 is 11.6 Å². The number of carbonyl (C=O) groups is 2. The second-order valence-corrected chi connectivity index (χ2v) is 10.6. The quantitative estimate of drug-likeness (QED) is 0.559. The van der Waals surface area contributed by atoms with Gasteiger partial charge in [-0.05, 0) is 43.0 Å². The number of hydrogen-bond donors (Lipinski definition) is 2. The average molecular weight is 515 g/mol. The SMILES string of the molecule is CS(=O)(=O)c1cnc(N2CCC(CC(=O)NCC(F)F)CC2)c(NC(=O)c2cccc(Cl)c2)c1. The molecule has 34 heavy (non-hydrogen) atoms. The second kappa shape index (κ2) is 11.1. The first-order valence-corrected chi connectivity index (χ1v) is 12.9. The molecule has 12 heteroatoms. The molecule has 1 aliphatic rings. The molecule has 1 saturated heterocycles. The van der Waals surface area contributed by atoms with Crippen LogP contribution in [0.2, 0.25) is 5.02 Å². The van der Waals surface area contributed by atoms with E-state index >= 15 is 0 Å². The average Bonchev–Trinajstić information content (AvgIpc) is 2.77. The molecule has 0 bridgehead atoms. The molecule has 0 unspecified atom stereocenters. The van der Waals surface area contributed by atoms with Gasteiger partial charge in [-0.2, -0.15) is 0 Å². The number of halogens is 3. The summed E-state index contributed by atoms with van der Waals surface area (Å²) >= 11 is 5.97. The number of benzene rings is 1. The van der Waals surface area contributed by atoms with E-state index in [-0.39, 0.29) is 22.9 Å². The lowest BCUT2D eigenvalue weighted by Gasteiger charge is -2.33. The number of pyridine rings is 1. The van der Waals surface area contributed by atoms with Crippen molar-refractivity contribution >= 4 is 44.8 Å². The molecule has 184 valence electrons. The van der Waals surface area contributed by atoms with E-state index in [9.17, 15) is 26.8 Å². The normalized spacial score (nSPS) is 14.8. The van der Waals surface area contributed by atoms with Crippen LogP contribution in [-0.4, -0.2) is 57.5 Å². The Morgan fingerprint density at radius 2 is 1.94 bits per heavy atom. The van der Waals surface area contributed by atoms with Crippen LogP contribution in [0.25, 0.3) is 0 Å². The topological polar surface area (TPSA) is 108 Å². The molecule has 3 rings (SSSR count). The molecule has 1 aromatic carbocycles. The first-order valence-electron chi connectivity index (χ1n) is 10.6. The summed E-state index contributed by atoms with van der Waals surface area (Å²) in [5.41, 5.74) is 0.540. The van der Waals surface area contributed by atoms with Crippen LogP contribution in [0.1, 0.15) is 29.6 Å². The number of aromatic nitrogens is 1. The summed E-state index contributed by atoms with van der Waals surface area (Å²) in [6.07, 6.45) is 1.07. The van der Waals surface area contributed by atoms with Gasteiger partial charge < -0.3 is 15.5 Å². The molecular formula is C22H25ClF2N4O4S. The summed E-state index contributed by atoms with van der Waals surface area (Å²) < 4.78 is 48.6. The third kappa shape index (κ3) is 7.10. The molecule has 0 radical (unpaired) electrons. The number of hydrogen-bond acceptors (Lipinski definition) is 6. The molecule has 8 nitrogen and oxygen atoms in total. The van der Waals surface area contributed by atoms with Crippen LogP contribution in [0.4, 0.5) is 20.3 Å². The van der Waals surface area contributed by atoms with Gasteiger partial charge in [-0.3, -0.25) is 9.59 Å². The van der Waals surface area contributed by atoms with Crippen molar-refractivity contribution in [1.29, 1.82) is 0 Å². The number of alkyl halides is 2. The number of anilines is 2. The number of carbonyl (C=O) groups excluding carboxylic acids is 2. The van der Waals surface area contributed by atoms with Crippen LogP contribution < -0.4 is 15.5 Å². The van der Waals surface area contributed by atoms with E-state index in [1.165, 1.54) is 18.3 Å². The largest absolute Gasteiger partial charge is 0.355 e. The fourth-order valence-corrected chi connectivity index (χ4v) is 4.45. The van der Waals surface area contributed by atoms with Crippen molar-refractivity contribution in [1.82, 2.24) is 10.3 Å². The standard InChI is InChI=1S/C22H25ClF2N4O4S/c1-34(32,33)17-11-18(28-22(31)15-3-2-4-16(23)10-15)21(27-12-17)29-7-5-14(6-8-29)9-20(30)26-13-19(24)25/h2-4,10-12,14,19H,5-9,13H2,1H3,(H,26,30)(H,28,31). The third-order valence-corrected chi connectivity index (χ3v) is 6.76. The zero-order chi connectivity index (χ0) is 24.9. The summed E-state index contributed by atoms with van der Waals surface area (Å²) in [6, 6.07) is 7.71. The van der Waals surface area contributed by atoms with Crippen LogP contribution in [0.5, 0.6) is 0 Å². The Morgan fingerprint density at radius 3 is 2.56 bits per heavy atom. The highest BCUT2D eigenvalue weighted by atomic mass is 35.5. The number of piperidine rings is 1. The summed E-state index contributed by atoms with van der Waals surface area (Å²) in [5.74, 6) is -0.456. The van der Waals surface area contributed by atoms with Crippen molar-refractivity contribution in [3.05, 3.63) is 47.1 Å². The predicted molar refractivity (Wildman–Crippen MR) is 125 cm³/mol. The van der Waals surface area contributed by atoms with Crippen molar-refractivity contribution in [3.63, 3.8) is 0 Å². The van der Waals surface area contributed by atoms with Crippen molar-refractivity contribution in [3.8, 4) is 0 Å². The molecule has 1 fully saturated rings. The maximum absolute atomic E-state index is 12.8. The lowest BCUT2D eigenvalue weighted by molar-refractivity contribution is -0.122. The minimum atomic E-state index is -3.57. The smallest absolute Gasteiger partial charge is 0.255 e. The van der Waals surface area contributed by atoms with E-state index in [0.717, 1.165) is 6.26 Å². The van der Waals surface area contributed by atoms with E-state index < -0.39 is 34.6 Å². The predicted octanol–water partition coefficient (Wildman–Crippen LogP) is 3.38. The fourth-order valence-electron chi connectivity index (χ4n) is 3.68. The Hall–Kier alpha value is -2.79. The molecule has 1 aromatic heterocycles. The zero-order valence-corrected chi connectivity index (χ0v) is 20.0. The van der Waals surface area contributed by atoms with Gasteiger partial charge in [-0.25, -0.2) is 22.2 Å². The molecule has 0 spiro atoms. The Morgan fingerprint density at radius 1 is 1.24 bits per heavy atom. The minimum absolute atomic E-state index is 0.0220. The van der Waals surface area contributed by atoms with Crippen molar-refractivity contribution in [2.24, 2.45) is 5.92 Å². The molecule has 2 aromatic rings. The minimum Gasteiger partial charge on any atom is -0.355 e. The van der Waals surface area contributed by atoms with Gasteiger partial charge in [0.1, 0.15) is 0 Å². The molecule has 2 N–H and O–H groups in total. The monoisotopic (exact) mass is 514 g/mol.